The predicted octanol–water partition coefficient (Wildman–Crippen LogP) is 2.16. The normalized spacial score (nSPS) is 20.5. The van der Waals surface area contributed by atoms with Crippen LogP contribution in [0.25, 0.3) is 0 Å². The molecule has 1 amide bonds. The van der Waals surface area contributed by atoms with Gasteiger partial charge in [-0.05, 0) is 48.6 Å². The lowest BCUT2D eigenvalue weighted by molar-refractivity contribution is 0.0629. The maximum absolute atomic E-state index is 12.8. The predicted molar refractivity (Wildman–Crippen MR) is 116 cm³/mol. The van der Waals surface area contributed by atoms with Crippen molar-refractivity contribution in [3.63, 3.8) is 0 Å². The largest absolute Gasteiger partial charge is 0.377 e. The summed E-state index contributed by atoms with van der Waals surface area (Å²) in [4.78, 5) is 18.5. The minimum absolute atomic E-state index is 0.0537. The van der Waals surface area contributed by atoms with Gasteiger partial charge in [-0.15, -0.1) is 11.3 Å². The van der Waals surface area contributed by atoms with Gasteiger partial charge in [0, 0.05) is 56.3 Å². The summed E-state index contributed by atoms with van der Waals surface area (Å²) in [5.74, 6) is -0.0537. The van der Waals surface area contributed by atoms with E-state index in [1.807, 2.05) is 4.90 Å². The Balaban J connectivity index is 1.30. The molecule has 2 aliphatic rings. The topological polar surface area (TPSA) is 78.9 Å². The number of hydrogen-bond donors (Lipinski definition) is 1. The number of benzene rings is 1. The van der Waals surface area contributed by atoms with Gasteiger partial charge < -0.3 is 9.64 Å². The van der Waals surface area contributed by atoms with Crippen molar-refractivity contribution in [2.24, 2.45) is 0 Å². The van der Waals surface area contributed by atoms with Gasteiger partial charge in [-0.3, -0.25) is 9.69 Å². The van der Waals surface area contributed by atoms with Gasteiger partial charge in [-0.25, -0.2) is 13.1 Å². The van der Waals surface area contributed by atoms with Gasteiger partial charge in [0.15, 0.2) is 0 Å². The third kappa shape index (κ3) is 5.28. The average Bonchev–Trinajstić information content (AvgIpc) is 3.47. The summed E-state index contributed by atoms with van der Waals surface area (Å²) in [7, 11) is -3.61. The molecule has 0 bridgehead atoms. The van der Waals surface area contributed by atoms with Crippen LogP contribution < -0.4 is 4.72 Å². The van der Waals surface area contributed by atoms with Gasteiger partial charge in [-0.1, -0.05) is 6.07 Å². The van der Waals surface area contributed by atoms with Gasteiger partial charge in [-0.2, -0.15) is 0 Å². The number of amides is 1. The second-order valence-electron chi connectivity index (χ2n) is 7.66. The third-order valence-electron chi connectivity index (χ3n) is 5.56. The van der Waals surface area contributed by atoms with Crippen LogP contribution in [0, 0.1) is 0 Å². The van der Waals surface area contributed by atoms with Crippen LogP contribution >= 0.6 is 11.3 Å². The van der Waals surface area contributed by atoms with E-state index < -0.39 is 10.0 Å². The van der Waals surface area contributed by atoms with Crippen molar-refractivity contribution in [3.8, 4) is 0 Å². The van der Waals surface area contributed by atoms with E-state index in [-0.39, 0.29) is 23.5 Å². The highest BCUT2D eigenvalue weighted by molar-refractivity contribution is 7.89. The van der Waals surface area contributed by atoms with E-state index in [4.69, 9.17) is 4.74 Å². The molecule has 2 saturated heterocycles. The van der Waals surface area contributed by atoms with E-state index in [2.05, 4.69) is 27.1 Å². The van der Waals surface area contributed by atoms with Gasteiger partial charge in [0.05, 0.1) is 11.0 Å². The second kappa shape index (κ2) is 9.57. The fraction of sp³-hybridized carbons (Fsp3) is 0.476. The number of piperazine rings is 1. The highest BCUT2D eigenvalue weighted by atomic mass is 32.2. The quantitative estimate of drug-likeness (QED) is 0.701. The Morgan fingerprint density at radius 2 is 1.90 bits per heavy atom. The molecule has 7 nitrogen and oxygen atoms in total. The number of nitrogens with zero attached hydrogens (tertiary/aromatic N) is 2. The van der Waals surface area contributed by atoms with Crippen LogP contribution in [0.15, 0.2) is 46.7 Å². The molecule has 0 saturated carbocycles. The molecule has 2 aliphatic heterocycles. The average molecular weight is 450 g/mol. The first-order valence-electron chi connectivity index (χ1n) is 10.3. The monoisotopic (exact) mass is 449 g/mol. The minimum Gasteiger partial charge on any atom is -0.377 e. The lowest BCUT2D eigenvalue weighted by atomic mass is 10.2. The first-order chi connectivity index (χ1) is 14.5. The number of ether oxygens (including phenoxy) is 1. The second-order valence-corrected chi connectivity index (χ2v) is 10.5. The maximum Gasteiger partial charge on any atom is 0.253 e. The van der Waals surface area contributed by atoms with Gasteiger partial charge >= 0.3 is 0 Å². The van der Waals surface area contributed by atoms with Crippen LogP contribution in [0.4, 0.5) is 0 Å². The third-order valence-corrected chi connectivity index (χ3v) is 7.86. The zero-order valence-electron chi connectivity index (χ0n) is 16.8. The van der Waals surface area contributed by atoms with Crippen molar-refractivity contribution in [1.82, 2.24) is 14.5 Å². The molecule has 1 aromatic heterocycles. The van der Waals surface area contributed by atoms with E-state index in [0.717, 1.165) is 32.5 Å². The highest BCUT2D eigenvalue weighted by Crippen LogP contribution is 2.17. The summed E-state index contributed by atoms with van der Waals surface area (Å²) in [6, 6.07) is 10.4. The molecule has 0 unspecified atom stereocenters. The standard InChI is InChI=1S/C21H27N3O4S2/c25-21(24-11-9-23(10-12-24)16-19-4-2-14-29-19)17-5-7-20(8-6-17)30(26,27)22-15-18-3-1-13-28-18/h2,4-8,14,18,22H,1,3,9-13,15-16H2/t18-/m0/s1. The van der Waals surface area contributed by atoms with Crippen LogP contribution in [-0.4, -0.2) is 69.6 Å². The summed E-state index contributed by atoms with van der Waals surface area (Å²) >= 11 is 1.75. The molecule has 1 aromatic carbocycles. The summed E-state index contributed by atoms with van der Waals surface area (Å²) in [6.45, 7) is 4.91. The fourth-order valence-corrected chi connectivity index (χ4v) is 5.60. The number of rotatable bonds is 7. The van der Waals surface area contributed by atoms with E-state index in [1.54, 1.807) is 23.5 Å². The molecule has 0 aliphatic carbocycles. The van der Waals surface area contributed by atoms with E-state index in [1.165, 1.54) is 17.0 Å². The lowest BCUT2D eigenvalue weighted by Gasteiger charge is -2.34. The summed E-state index contributed by atoms with van der Waals surface area (Å²) in [5, 5.41) is 2.08. The molecule has 0 radical (unpaired) electrons. The Labute approximate surface area is 181 Å². The van der Waals surface area contributed by atoms with Crippen LogP contribution in [0.5, 0.6) is 0 Å². The number of sulfonamides is 1. The molecule has 3 heterocycles. The van der Waals surface area contributed by atoms with E-state index >= 15 is 0 Å². The summed E-state index contributed by atoms with van der Waals surface area (Å²) in [6.07, 6.45) is 1.78. The van der Waals surface area contributed by atoms with Crippen molar-refractivity contribution in [2.75, 3.05) is 39.3 Å². The van der Waals surface area contributed by atoms with E-state index in [0.29, 0.717) is 25.3 Å². The molecule has 2 aromatic rings. The van der Waals surface area contributed by atoms with Crippen molar-refractivity contribution in [3.05, 3.63) is 52.2 Å². The molecular weight excluding hydrogens is 422 g/mol. The SMILES string of the molecule is O=C(c1ccc(S(=O)(=O)NC[C@@H]2CCCO2)cc1)N1CCN(Cc2cccs2)CC1. The number of carbonyl (C=O) groups is 1. The molecule has 162 valence electrons. The molecule has 30 heavy (non-hydrogen) atoms. The number of hydrogen-bond acceptors (Lipinski definition) is 6. The van der Waals surface area contributed by atoms with Crippen molar-refractivity contribution < 1.29 is 17.9 Å². The molecule has 2 fully saturated rings. The van der Waals surface area contributed by atoms with Gasteiger partial charge in [0.2, 0.25) is 10.0 Å². The van der Waals surface area contributed by atoms with Crippen LogP contribution in [0.3, 0.4) is 0 Å². The Kier molecular flexibility index (Phi) is 6.84. The summed E-state index contributed by atoms with van der Waals surface area (Å²) < 4.78 is 33.0. The van der Waals surface area contributed by atoms with Crippen LogP contribution in [0.2, 0.25) is 0 Å². The fourth-order valence-electron chi connectivity index (χ4n) is 3.78. The number of nitrogens with one attached hydrogen (secondary N) is 1. The molecule has 4 rings (SSSR count). The van der Waals surface area contributed by atoms with Crippen LogP contribution in [0.1, 0.15) is 28.1 Å². The number of carbonyl (C=O) groups excluding carboxylic acids is 1. The Morgan fingerprint density at radius 1 is 1.13 bits per heavy atom. The first-order valence-corrected chi connectivity index (χ1v) is 12.6. The molecular formula is C21H27N3O4S2. The van der Waals surface area contributed by atoms with Gasteiger partial charge in [0.25, 0.3) is 5.91 Å². The van der Waals surface area contributed by atoms with E-state index in [9.17, 15) is 13.2 Å². The molecule has 0 spiro atoms. The maximum atomic E-state index is 12.8. The molecule has 1 atom stereocenters. The zero-order valence-corrected chi connectivity index (χ0v) is 18.5. The Bertz CT molecular complexity index is 931. The van der Waals surface area contributed by atoms with Crippen molar-refractivity contribution in [2.45, 2.75) is 30.4 Å². The zero-order chi connectivity index (χ0) is 21.0. The first kappa shape index (κ1) is 21.5. The smallest absolute Gasteiger partial charge is 0.253 e. The lowest BCUT2D eigenvalue weighted by Crippen LogP contribution is -2.48. The summed E-state index contributed by atoms with van der Waals surface area (Å²) in [5.41, 5.74) is 0.514. The minimum atomic E-state index is -3.61. The Hall–Kier alpha value is -1.78. The van der Waals surface area contributed by atoms with Gasteiger partial charge in [0.1, 0.15) is 0 Å². The molecule has 1 N–H and O–H groups in total. The highest BCUT2D eigenvalue weighted by Gasteiger charge is 2.24. The number of thiophene rings is 1. The Morgan fingerprint density at radius 3 is 2.53 bits per heavy atom. The van der Waals surface area contributed by atoms with Crippen LogP contribution in [-0.2, 0) is 21.3 Å². The molecule has 9 heteroatoms. The van der Waals surface area contributed by atoms with Crippen molar-refractivity contribution in [1.29, 1.82) is 0 Å². The van der Waals surface area contributed by atoms with Crippen molar-refractivity contribution >= 4 is 27.3 Å².